The zero-order valence-electron chi connectivity index (χ0n) is 16.1. The average Bonchev–Trinajstić information content (AvgIpc) is 2.59. The number of allylic oxidation sites excluding steroid dienone is 1. The molecule has 2 aromatic carbocycles. The molecule has 0 saturated heterocycles. The van der Waals surface area contributed by atoms with E-state index in [1.54, 1.807) is 0 Å². The highest BCUT2D eigenvalue weighted by Crippen LogP contribution is 2.28. The van der Waals surface area contributed by atoms with Crippen molar-refractivity contribution >= 4 is 0 Å². The third-order valence-electron chi connectivity index (χ3n) is 4.55. The summed E-state index contributed by atoms with van der Waals surface area (Å²) in [5.74, 6) is 0. The number of benzene rings is 2. The Morgan fingerprint density at radius 1 is 1.00 bits per heavy atom. The minimum Gasteiger partial charge on any atom is -0.257 e. The molecule has 3 aromatic rings. The van der Waals surface area contributed by atoms with E-state index in [4.69, 9.17) is 9.97 Å². The van der Waals surface area contributed by atoms with Gasteiger partial charge in [-0.1, -0.05) is 47.0 Å². The molecule has 0 amide bonds. The third kappa shape index (κ3) is 4.08. The second-order valence-corrected chi connectivity index (χ2v) is 7.20. The maximum Gasteiger partial charge on any atom is 0.0925 e. The first-order valence-corrected chi connectivity index (χ1v) is 9.09. The fraction of sp³-hybridized carbons (Fsp3) is 0.250. The van der Waals surface area contributed by atoms with Crippen LogP contribution >= 0.6 is 0 Å². The fourth-order valence-corrected chi connectivity index (χ4v) is 3.26. The van der Waals surface area contributed by atoms with Crippen molar-refractivity contribution in [3.63, 3.8) is 0 Å². The predicted molar refractivity (Wildman–Crippen MR) is 110 cm³/mol. The van der Waals surface area contributed by atoms with Crippen LogP contribution in [0, 0.1) is 20.8 Å². The molecule has 0 aliphatic rings. The van der Waals surface area contributed by atoms with Gasteiger partial charge >= 0.3 is 0 Å². The minimum absolute atomic E-state index is 0.860. The summed E-state index contributed by atoms with van der Waals surface area (Å²) in [5, 5.41) is 0. The number of aromatic nitrogens is 2. The van der Waals surface area contributed by atoms with E-state index in [2.05, 4.69) is 76.7 Å². The zero-order chi connectivity index (χ0) is 18.7. The van der Waals surface area contributed by atoms with E-state index in [-0.39, 0.29) is 0 Å². The molecule has 0 fully saturated rings. The molecule has 1 aromatic heterocycles. The second kappa shape index (κ2) is 7.65. The molecular formula is C24H26N2. The van der Waals surface area contributed by atoms with Gasteiger partial charge in [0.25, 0.3) is 0 Å². The van der Waals surface area contributed by atoms with Crippen molar-refractivity contribution in [1.82, 2.24) is 9.97 Å². The Morgan fingerprint density at radius 2 is 1.69 bits per heavy atom. The van der Waals surface area contributed by atoms with Crippen LogP contribution in [0.2, 0.25) is 0 Å². The molecule has 0 unspecified atom stereocenters. The lowest BCUT2D eigenvalue weighted by Gasteiger charge is -2.13. The number of hydrogen-bond acceptors (Lipinski definition) is 2. The topological polar surface area (TPSA) is 25.8 Å². The van der Waals surface area contributed by atoms with E-state index in [0.717, 1.165) is 41.1 Å². The normalized spacial score (nSPS) is 10.8. The number of nitrogens with zero attached hydrogens (tertiary/aromatic N) is 2. The van der Waals surface area contributed by atoms with Gasteiger partial charge in [0, 0.05) is 11.1 Å². The number of rotatable bonds is 5. The summed E-state index contributed by atoms with van der Waals surface area (Å²) in [5.41, 5.74) is 10.1. The van der Waals surface area contributed by atoms with E-state index < -0.39 is 0 Å². The van der Waals surface area contributed by atoms with Gasteiger partial charge in [-0.05, 0) is 58.2 Å². The van der Waals surface area contributed by atoms with Crippen LogP contribution in [0.1, 0.15) is 35.7 Å². The van der Waals surface area contributed by atoms with Gasteiger partial charge in [-0.3, -0.25) is 4.98 Å². The van der Waals surface area contributed by atoms with Crippen molar-refractivity contribution in [3.05, 3.63) is 83.2 Å². The number of hydrogen-bond donors (Lipinski definition) is 0. The van der Waals surface area contributed by atoms with Crippen LogP contribution in [0.3, 0.4) is 0 Å². The van der Waals surface area contributed by atoms with Crippen molar-refractivity contribution in [2.24, 2.45) is 0 Å². The number of aryl methyl sites for hydroxylation is 4. The van der Waals surface area contributed by atoms with E-state index in [1.165, 1.54) is 22.3 Å². The first kappa shape index (κ1) is 18.1. The Bertz CT molecular complexity index is 934. The highest BCUT2D eigenvalue weighted by Gasteiger charge is 2.13. The van der Waals surface area contributed by atoms with Gasteiger partial charge in [0.05, 0.1) is 23.3 Å². The van der Waals surface area contributed by atoms with Gasteiger partial charge < -0.3 is 0 Å². The molecule has 1 heterocycles. The van der Waals surface area contributed by atoms with Crippen LogP contribution in [0.25, 0.3) is 22.5 Å². The highest BCUT2D eigenvalue weighted by molar-refractivity contribution is 5.69. The standard InChI is InChI=1S/C24H26N2/c1-16(2)10-11-22-24(20-13-17(3)12-18(4)14-20)26-23(15-25-22)21-9-7-6-8-19(21)5/h6-9,12-15H,1,10-11H2,2-5H3. The van der Waals surface area contributed by atoms with Gasteiger partial charge in [0.1, 0.15) is 0 Å². The summed E-state index contributed by atoms with van der Waals surface area (Å²) >= 11 is 0. The molecule has 132 valence electrons. The molecule has 2 nitrogen and oxygen atoms in total. The summed E-state index contributed by atoms with van der Waals surface area (Å²) in [4.78, 5) is 9.84. The maximum absolute atomic E-state index is 5.04. The van der Waals surface area contributed by atoms with Crippen LogP contribution in [-0.2, 0) is 6.42 Å². The van der Waals surface area contributed by atoms with Gasteiger partial charge in [-0.25, -0.2) is 4.98 Å². The minimum atomic E-state index is 0.860. The molecule has 3 rings (SSSR count). The molecule has 0 N–H and O–H groups in total. The van der Waals surface area contributed by atoms with Crippen molar-refractivity contribution < 1.29 is 0 Å². The first-order chi connectivity index (χ1) is 12.4. The van der Waals surface area contributed by atoms with E-state index >= 15 is 0 Å². The largest absolute Gasteiger partial charge is 0.257 e. The molecule has 0 saturated carbocycles. The van der Waals surface area contributed by atoms with Gasteiger partial charge in [0.15, 0.2) is 0 Å². The lowest BCUT2D eigenvalue weighted by molar-refractivity contribution is 0.894. The van der Waals surface area contributed by atoms with Crippen molar-refractivity contribution in [3.8, 4) is 22.5 Å². The zero-order valence-corrected chi connectivity index (χ0v) is 16.1. The Morgan fingerprint density at radius 3 is 2.35 bits per heavy atom. The Hall–Kier alpha value is -2.74. The monoisotopic (exact) mass is 342 g/mol. The molecule has 0 aliphatic heterocycles. The average molecular weight is 342 g/mol. The summed E-state index contributed by atoms with van der Waals surface area (Å²) in [6, 6.07) is 14.9. The van der Waals surface area contributed by atoms with Crippen LogP contribution in [0.5, 0.6) is 0 Å². The van der Waals surface area contributed by atoms with Crippen LogP contribution in [0.4, 0.5) is 0 Å². The molecule has 0 aliphatic carbocycles. The van der Waals surface area contributed by atoms with Gasteiger partial charge in [-0.2, -0.15) is 0 Å². The molecule has 0 atom stereocenters. The summed E-state index contributed by atoms with van der Waals surface area (Å²) in [7, 11) is 0. The Kier molecular flexibility index (Phi) is 5.32. The lowest BCUT2D eigenvalue weighted by atomic mass is 10.00. The van der Waals surface area contributed by atoms with E-state index in [1.807, 2.05) is 6.20 Å². The summed E-state index contributed by atoms with van der Waals surface area (Å²) < 4.78 is 0. The van der Waals surface area contributed by atoms with Gasteiger partial charge in [-0.15, -0.1) is 6.58 Å². The quantitative estimate of drug-likeness (QED) is 0.513. The SMILES string of the molecule is C=C(C)CCc1ncc(-c2ccccc2C)nc1-c1cc(C)cc(C)c1. The van der Waals surface area contributed by atoms with Crippen molar-refractivity contribution in [2.45, 2.75) is 40.5 Å². The molecule has 2 heteroatoms. The summed E-state index contributed by atoms with van der Waals surface area (Å²) in [6.07, 6.45) is 3.69. The summed E-state index contributed by atoms with van der Waals surface area (Å²) in [6.45, 7) is 12.5. The highest BCUT2D eigenvalue weighted by atomic mass is 14.8. The van der Waals surface area contributed by atoms with Crippen LogP contribution in [-0.4, -0.2) is 9.97 Å². The Labute approximate surface area is 156 Å². The van der Waals surface area contributed by atoms with Crippen LogP contribution < -0.4 is 0 Å². The molecule has 26 heavy (non-hydrogen) atoms. The van der Waals surface area contributed by atoms with Crippen molar-refractivity contribution in [2.75, 3.05) is 0 Å². The molecule has 0 spiro atoms. The second-order valence-electron chi connectivity index (χ2n) is 7.20. The molecular weight excluding hydrogens is 316 g/mol. The molecule has 0 bridgehead atoms. The van der Waals surface area contributed by atoms with Crippen LogP contribution in [0.15, 0.2) is 60.8 Å². The van der Waals surface area contributed by atoms with E-state index in [9.17, 15) is 0 Å². The van der Waals surface area contributed by atoms with Gasteiger partial charge in [0.2, 0.25) is 0 Å². The lowest BCUT2D eigenvalue weighted by Crippen LogP contribution is -2.01. The third-order valence-corrected chi connectivity index (χ3v) is 4.55. The fourth-order valence-electron chi connectivity index (χ4n) is 3.26. The first-order valence-electron chi connectivity index (χ1n) is 9.09. The maximum atomic E-state index is 5.04. The Balaban J connectivity index is 2.15. The predicted octanol–water partition coefficient (Wildman–Crippen LogP) is 6.24. The van der Waals surface area contributed by atoms with Crippen molar-refractivity contribution in [1.29, 1.82) is 0 Å². The van der Waals surface area contributed by atoms with E-state index in [0.29, 0.717) is 0 Å². The molecule has 0 radical (unpaired) electrons. The smallest absolute Gasteiger partial charge is 0.0925 e.